The van der Waals surface area contributed by atoms with Crippen molar-refractivity contribution in [1.29, 1.82) is 5.26 Å². The Bertz CT molecular complexity index is 607. The summed E-state index contributed by atoms with van der Waals surface area (Å²) in [5.74, 6) is 0.230. The Balaban J connectivity index is 2.12. The first-order valence-corrected chi connectivity index (χ1v) is 6.63. The average Bonchev–Trinajstić information content (AvgIpc) is 2.39. The highest BCUT2D eigenvalue weighted by Crippen LogP contribution is 2.28. The van der Waals surface area contributed by atoms with Gasteiger partial charge in [0.15, 0.2) is 0 Å². The third-order valence-corrected chi connectivity index (χ3v) is 3.87. The Labute approximate surface area is 114 Å². The smallest absolute Gasteiger partial charge is 0.138 e. The first-order chi connectivity index (χ1) is 8.70. The zero-order valence-electron chi connectivity index (χ0n) is 9.36. The van der Waals surface area contributed by atoms with Crippen molar-refractivity contribution in [3.63, 3.8) is 0 Å². The second-order valence-electron chi connectivity index (χ2n) is 3.64. The van der Waals surface area contributed by atoms with Crippen LogP contribution in [0, 0.1) is 17.1 Å². The van der Waals surface area contributed by atoms with Crippen LogP contribution in [0.25, 0.3) is 0 Å². The minimum atomic E-state index is -0.369. The normalized spacial score (nSPS) is 10.1. The SMILES string of the molecule is N#Cc1ccc(SCc2ccccc2Cl)c(F)c1. The summed E-state index contributed by atoms with van der Waals surface area (Å²) in [6.07, 6.45) is 0. The number of halogens is 2. The van der Waals surface area contributed by atoms with Crippen LogP contribution in [0.1, 0.15) is 11.1 Å². The summed E-state index contributed by atoms with van der Waals surface area (Å²) in [6.45, 7) is 0. The molecule has 0 heterocycles. The summed E-state index contributed by atoms with van der Waals surface area (Å²) >= 11 is 7.39. The zero-order chi connectivity index (χ0) is 13.0. The van der Waals surface area contributed by atoms with E-state index in [0.717, 1.165) is 5.56 Å². The van der Waals surface area contributed by atoms with Gasteiger partial charge in [0.05, 0.1) is 11.6 Å². The molecule has 2 rings (SSSR count). The van der Waals surface area contributed by atoms with E-state index >= 15 is 0 Å². The van der Waals surface area contributed by atoms with Gasteiger partial charge >= 0.3 is 0 Å². The van der Waals surface area contributed by atoms with Gasteiger partial charge in [0.25, 0.3) is 0 Å². The summed E-state index contributed by atoms with van der Waals surface area (Å²) in [4.78, 5) is 0.522. The molecule has 0 saturated carbocycles. The zero-order valence-corrected chi connectivity index (χ0v) is 10.9. The Kier molecular flexibility index (Phi) is 4.24. The molecule has 2 aromatic rings. The predicted molar refractivity (Wildman–Crippen MR) is 72.1 cm³/mol. The van der Waals surface area contributed by atoms with Gasteiger partial charge in [0, 0.05) is 15.7 Å². The van der Waals surface area contributed by atoms with Crippen molar-refractivity contribution in [3.8, 4) is 6.07 Å². The van der Waals surface area contributed by atoms with E-state index in [9.17, 15) is 4.39 Å². The molecular weight excluding hydrogens is 269 g/mol. The highest BCUT2D eigenvalue weighted by Gasteiger charge is 2.06. The Morgan fingerprint density at radius 3 is 2.67 bits per heavy atom. The molecule has 0 N–H and O–H groups in total. The van der Waals surface area contributed by atoms with Crippen molar-refractivity contribution in [2.75, 3.05) is 0 Å². The number of nitriles is 1. The minimum absolute atomic E-state index is 0.328. The van der Waals surface area contributed by atoms with Gasteiger partial charge in [-0.05, 0) is 29.8 Å². The van der Waals surface area contributed by atoms with Gasteiger partial charge < -0.3 is 0 Å². The molecule has 0 atom stereocenters. The van der Waals surface area contributed by atoms with Gasteiger partial charge in [-0.3, -0.25) is 0 Å². The van der Waals surface area contributed by atoms with Gasteiger partial charge in [0.1, 0.15) is 5.82 Å². The topological polar surface area (TPSA) is 23.8 Å². The van der Waals surface area contributed by atoms with E-state index in [1.54, 1.807) is 12.1 Å². The molecule has 0 spiro atoms. The minimum Gasteiger partial charge on any atom is -0.206 e. The van der Waals surface area contributed by atoms with Crippen molar-refractivity contribution in [2.45, 2.75) is 10.6 Å². The molecule has 0 aromatic heterocycles. The number of benzene rings is 2. The fourth-order valence-electron chi connectivity index (χ4n) is 1.46. The fourth-order valence-corrected chi connectivity index (χ4v) is 2.66. The largest absolute Gasteiger partial charge is 0.206 e. The molecule has 90 valence electrons. The fraction of sp³-hybridized carbons (Fsp3) is 0.0714. The van der Waals surface area contributed by atoms with Crippen LogP contribution >= 0.6 is 23.4 Å². The van der Waals surface area contributed by atoms with Crippen LogP contribution in [-0.2, 0) is 5.75 Å². The van der Waals surface area contributed by atoms with E-state index in [0.29, 0.717) is 21.2 Å². The molecule has 0 aliphatic rings. The summed E-state index contributed by atoms with van der Waals surface area (Å²) in [5.41, 5.74) is 1.29. The molecule has 4 heteroatoms. The molecule has 18 heavy (non-hydrogen) atoms. The van der Waals surface area contributed by atoms with Gasteiger partial charge in [-0.1, -0.05) is 29.8 Å². The van der Waals surface area contributed by atoms with Crippen molar-refractivity contribution in [3.05, 3.63) is 64.4 Å². The lowest BCUT2D eigenvalue weighted by Gasteiger charge is -2.05. The lowest BCUT2D eigenvalue weighted by atomic mass is 10.2. The monoisotopic (exact) mass is 277 g/mol. The molecule has 1 nitrogen and oxygen atoms in total. The van der Waals surface area contributed by atoms with Gasteiger partial charge in [-0.2, -0.15) is 5.26 Å². The molecule has 2 aromatic carbocycles. The van der Waals surface area contributed by atoms with Crippen LogP contribution < -0.4 is 0 Å². The summed E-state index contributed by atoms with van der Waals surface area (Å²) in [7, 11) is 0. The maximum atomic E-state index is 13.6. The standard InChI is InChI=1S/C14H9ClFNS/c15-12-4-2-1-3-11(12)9-18-14-6-5-10(8-17)7-13(14)16/h1-7H,9H2. The number of rotatable bonds is 3. The van der Waals surface area contributed by atoms with E-state index in [4.69, 9.17) is 16.9 Å². The van der Waals surface area contributed by atoms with Crippen LogP contribution in [0.15, 0.2) is 47.4 Å². The van der Waals surface area contributed by atoms with E-state index in [2.05, 4.69) is 0 Å². The maximum Gasteiger partial charge on any atom is 0.138 e. The van der Waals surface area contributed by atoms with E-state index in [1.807, 2.05) is 30.3 Å². The van der Waals surface area contributed by atoms with Crippen LogP contribution in [0.5, 0.6) is 0 Å². The van der Waals surface area contributed by atoms with Crippen molar-refractivity contribution >= 4 is 23.4 Å². The molecule has 0 aliphatic heterocycles. The average molecular weight is 278 g/mol. The second-order valence-corrected chi connectivity index (χ2v) is 5.06. The molecular formula is C14H9ClFNS. The van der Waals surface area contributed by atoms with E-state index in [1.165, 1.54) is 17.8 Å². The number of thioether (sulfide) groups is 1. The number of hydrogen-bond acceptors (Lipinski definition) is 2. The molecule has 0 unspecified atom stereocenters. The Morgan fingerprint density at radius 1 is 1.22 bits per heavy atom. The molecule has 0 bridgehead atoms. The highest BCUT2D eigenvalue weighted by molar-refractivity contribution is 7.98. The number of hydrogen-bond donors (Lipinski definition) is 0. The molecule has 0 amide bonds. The second kappa shape index (κ2) is 5.90. The summed E-state index contributed by atoms with van der Waals surface area (Å²) in [6, 6.07) is 13.9. The predicted octanol–water partition coefficient (Wildman–Crippen LogP) is 4.64. The third kappa shape index (κ3) is 3.04. The first-order valence-electron chi connectivity index (χ1n) is 5.26. The van der Waals surface area contributed by atoms with Gasteiger partial charge in [-0.15, -0.1) is 11.8 Å². The van der Waals surface area contributed by atoms with Gasteiger partial charge in [0.2, 0.25) is 0 Å². The molecule has 0 aliphatic carbocycles. The summed E-state index contributed by atoms with van der Waals surface area (Å²) < 4.78 is 13.6. The Morgan fingerprint density at radius 2 is 2.00 bits per heavy atom. The van der Waals surface area contributed by atoms with Crippen molar-refractivity contribution in [1.82, 2.24) is 0 Å². The third-order valence-electron chi connectivity index (χ3n) is 2.40. The lowest BCUT2D eigenvalue weighted by Crippen LogP contribution is -1.86. The van der Waals surface area contributed by atoms with Crippen LogP contribution in [-0.4, -0.2) is 0 Å². The van der Waals surface area contributed by atoms with E-state index < -0.39 is 0 Å². The van der Waals surface area contributed by atoms with Crippen LogP contribution in [0.2, 0.25) is 5.02 Å². The van der Waals surface area contributed by atoms with Crippen molar-refractivity contribution in [2.24, 2.45) is 0 Å². The molecule has 0 fully saturated rings. The lowest BCUT2D eigenvalue weighted by molar-refractivity contribution is 0.601. The quantitative estimate of drug-likeness (QED) is 0.763. The van der Waals surface area contributed by atoms with Crippen LogP contribution in [0.4, 0.5) is 4.39 Å². The van der Waals surface area contributed by atoms with Crippen molar-refractivity contribution < 1.29 is 4.39 Å². The summed E-state index contributed by atoms with van der Waals surface area (Å²) in [5, 5.41) is 9.34. The highest BCUT2D eigenvalue weighted by atomic mass is 35.5. The van der Waals surface area contributed by atoms with Crippen LogP contribution in [0.3, 0.4) is 0 Å². The van der Waals surface area contributed by atoms with Gasteiger partial charge in [-0.25, -0.2) is 4.39 Å². The molecule has 0 radical (unpaired) electrons. The maximum absolute atomic E-state index is 13.6. The first kappa shape index (κ1) is 12.9. The van der Waals surface area contributed by atoms with E-state index in [-0.39, 0.29) is 5.82 Å². The Hall–Kier alpha value is -1.50. The molecule has 0 saturated heterocycles. The number of nitrogens with zero attached hydrogens (tertiary/aromatic N) is 1.